The molecular formula is C5H4ClN5+. The molecule has 0 atom stereocenters. The number of aromatic nitrogens is 2. The van der Waals surface area contributed by atoms with E-state index in [9.17, 15) is 0 Å². The Morgan fingerprint density at radius 2 is 2.36 bits per heavy atom. The van der Waals surface area contributed by atoms with Crippen LogP contribution in [0.1, 0.15) is 0 Å². The maximum absolute atomic E-state index is 5.52. The fourth-order valence-electron chi connectivity index (χ4n) is 0.828. The number of hydrogen-bond donors (Lipinski definition) is 2. The Morgan fingerprint density at radius 1 is 1.55 bits per heavy atom. The lowest BCUT2D eigenvalue weighted by atomic mass is 10.4. The topological polar surface area (TPSA) is 77.9 Å². The Morgan fingerprint density at radius 3 is 3.18 bits per heavy atom. The first-order chi connectivity index (χ1) is 5.27. The Kier molecular flexibility index (Phi) is 1.19. The summed E-state index contributed by atoms with van der Waals surface area (Å²) in [6.07, 6.45) is 1.49. The van der Waals surface area contributed by atoms with Crippen LogP contribution in [-0.4, -0.2) is 16.3 Å². The lowest BCUT2D eigenvalue weighted by Crippen LogP contribution is -1.98. The number of anilines is 2. The average molecular weight is 170 g/mol. The SMILES string of the molecule is Nc1nc(Cl)nc2c1NC=[N+]2. The summed E-state index contributed by atoms with van der Waals surface area (Å²) in [5.74, 6) is 0.806. The minimum Gasteiger partial charge on any atom is -0.380 e. The van der Waals surface area contributed by atoms with Crippen molar-refractivity contribution in [2.75, 3.05) is 11.1 Å². The van der Waals surface area contributed by atoms with Crippen molar-refractivity contribution >= 4 is 35.3 Å². The van der Waals surface area contributed by atoms with Crippen molar-refractivity contribution < 1.29 is 0 Å². The summed E-state index contributed by atoms with van der Waals surface area (Å²) in [4.78, 5) is 11.4. The fourth-order valence-corrected chi connectivity index (χ4v) is 0.999. The molecule has 1 radical (unpaired) electrons. The Balaban J connectivity index is 2.66. The Labute approximate surface area is 67.3 Å². The van der Waals surface area contributed by atoms with Crippen LogP contribution in [0.2, 0.25) is 5.28 Å². The van der Waals surface area contributed by atoms with Gasteiger partial charge in [-0.3, -0.25) is 5.32 Å². The predicted octanol–water partition coefficient (Wildman–Crippen LogP) is 0.133. The van der Waals surface area contributed by atoms with E-state index in [2.05, 4.69) is 20.3 Å². The van der Waals surface area contributed by atoms with Gasteiger partial charge in [0, 0.05) is 0 Å². The first-order valence-electron chi connectivity index (χ1n) is 2.89. The van der Waals surface area contributed by atoms with Gasteiger partial charge in [0.15, 0.2) is 5.82 Å². The van der Waals surface area contributed by atoms with Crippen molar-refractivity contribution in [1.29, 1.82) is 0 Å². The summed E-state index contributed by atoms with van der Waals surface area (Å²) >= 11 is 5.52. The highest BCUT2D eigenvalue weighted by atomic mass is 35.5. The molecule has 2 rings (SSSR count). The number of rotatable bonds is 0. The van der Waals surface area contributed by atoms with Crippen LogP contribution in [0.4, 0.5) is 17.3 Å². The molecule has 0 aromatic carbocycles. The molecule has 5 nitrogen and oxygen atoms in total. The Bertz CT molecular complexity index is 334. The molecule has 2 heterocycles. The second-order valence-corrected chi connectivity index (χ2v) is 2.32. The van der Waals surface area contributed by atoms with E-state index in [0.29, 0.717) is 17.3 Å². The van der Waals surface area contributed by atoms with Gasteiger partial charge in [-0.2, -0.15) is 4.98 Å². The van der Waals surface area contributed by atoms with Crippen molar-refractivity contribution in [1.82, 2.24) is 15.0 Å². The zero-order valence-corrected chi connectivity index (χ0v) is 6.13. The van der Waals surface area contributed by atoms with Crippen molar-refractivity contribution in [3.05, 3.63) is 5.28 Å². The van der Waals surface area contributed by atoms with E-state index in [-0.39, 0.29) is 5.28 Å². The molecule has 0 bridgehead atoms. The van der Waals surface area contributed by atoms with Crippen molar-refractivity contribution in [2.24, 2.45) is 0 Å². The van der Waals surface area contributed by atoms with Crippen LogP contribution < -0.4 is 16.0 Å². The van der Waals surface area contributed by atoms with Crippen LogP contribution in [0, 0.1) is 0 Å². The monoisotopic (exact) mass is 169 g/mol. The highest BCUT2D eigenvalue weighted by molar-refractivity contribution is 6.28. The summed E-state index contributed by atoms with van der Waals surface area (Å²) in [6.45, 7) is 0. The highest BCUT2D eigenvalue weighted by Gasteiger charge is 2.22. The third kappa shape index (κ3) is 0.894. The van der Waals surface area contributed by atoms with Crippen molar-refractivity contribution in [2.45, 2.75) is 0 Å². The number of nitrogens with two attached hydrogens (primary N) is 1. The third-order valence-electron chi connectivity index (χ3n) is 1.29. The van der Waals surface area contributed by atoms with E-state index >= 15 is 0 Å². The maximum atomic E-state index is 5.52. The van der Waals surface area contributed by atoms with E-state index in [1.165, 1.54) is 6.34 Å². The lowest BCUT2D eigenvalue weighted by Gasteiger charge is -1.92. The van der Waals surface area contributed by atoms with E-state index in [1.807, 2.05) is 0 Å². The van der Waals surface area contributed by atoms with Crippen molar-refractivity contribution in [3.63, 3.8) is 0 Å². The van der Waals surface area contributed by atoms with Gasteiger partial charge in [-0.05, 0) is 11.6 Å². The van der Waals surface area contributed by atoms with Gasteiger partial charge in [0.25, 0.3) is 0 Å². The van der Waals surface area contributed by atoms with Gasteiger partial charge in [-0.25, -0.2) is 0 Å². The third-order valence-corrected chi connectivity index (χ3v) is 1.46. The largest absolute Gasteiger partial charge is 0.380 e. The normalized spacial score (nSPS) is 12.8. The number of nitrogens with zero attached hydrogens (tertiary/aromatic N) is 3. The maximum Gasteiger partial charge on any atom is 0.342 e. The molecule has 0 amide bonds. The molecule has 0 unspecified atom stereocenters. The van der Waals surface area contributed by atoms with Crippen LogP contribution in [0.25, 0.3) is 0 Å². The average Bonchev–Trinajstić information content (AvgIpc) is 2.34. The molecule has 0 fully saturated rings. The second-order valence-electron chi connectivity index (χ2n) is 1.98. The van der Waals surface area contributed by atoms with Crippen LogP contribution in [-0.2, 0) is 0 Å². The standard InChI is InChI=1S/C5H4ClN5/c6-5-10-3(7)2-4(11-5)9-1-8-2/h1,8H,(H2,7,10,11)/q+1. The summed E-state index contributed by atoms with van der Waals surface area (Å²) in [5.41, 5.74) is 6.11. The number of nitrogen functional groups attached to an aromatic ring is 1. The van der Waals surface area contributed by atoms with Gasteiger partial charge >= 0.3 is 11.1 Å². The molecule has 11 heavy (non-hydrogen) atoms. The molecular weight excluding hydrogens is 166 g/mol. The second kappa shape index (κ2) is 2.06. The molecule has 0 saturated carbocycles. The first-order valence-corrected chi connectivity index (χ1v) is 3.27. The minimum atomic E-state index is 0.113. The van der Waals surface area contributed by atoms with Gasteiger partial charge in [0.2, 0.25) is 12.0 Å². The molecule has 1 aromatic rings. The summed E-state index contributed by atoms with van der Waals surface area (Å²) in [6, 6.07) is 0. The Hall–Kier alpha value is -1.36. The van der Waals surface area contributed by atoms with E-state index in [0.717, 1.165) is 0 Å². The van der Waals surface area contributed by atoms with E-state index in [4.69, 9.17) is 17.3 Å². The summed E-state index contributed by atoms with van der Waals surface area (Å²) in [7, 11) is 0. The number of hydrogen-bond acceptors (Lipinski definition) is 5. The van der Waals surface area contributed by atoms with Crippen LogP contribution >= 0.6 is 11.6 Å². The fraction of sp³-hybridized carbons (Fsp3) is 0. The van der Waals surface area contributed by atoms with Crippen molar-refractivity contribution in [3.8, 4) is 0 Å². The molecule has 0 aliphatic carbocycles. The zero-order valence-electron chi connectivity index (χ0n) is 5.37. The smallest absolute Gasteiger partial charge is 0.342 e. The van der Waals surface area contributed by atoms with E-state index < -0.39 is 0 Å². The van der Waals surface area contributed by atoms with Gasteiger partial charge in [0.05, 0.1) is 0 Å². The first kappa shape index (κ1) is 6.36. The minimum absolute atomic E-state index is 0.113. The van der Waals surface area contributed by atoms with Crippen LogP contribution in [0.5, 0.6) is 0 Å². The predicted molar refractivity (Wildman–Crippen MR) is 42.9 cm³/mol. The number of aliphatic imine (C=N–C) groups is 1. The molecule has 1 aliphatic heterocycles. The van der Waals surface area contributed by atoms with Gasteiger partial charge in [-0.1, -0.05) is 9.98 Å². The van der Waals surface area contributed by atoms with Gasteiger partial charge in [-0.15, -0.1) is 0 Å². The molecule has 0 saturated heterocycles. The molecule has 3 N–H and O–H groups in total. The van der Waals surface area contributed by atoms with Gasteiger partial charge in [0.1, 0.15) is 0 Å². The van der Waals surface area contributed by atoms with Crippen LogP contribution in [0.3, 0.4) is 0 Å². The lowest BCUT2D eigenvalue weighted by molar-refractivity contribution is 1.15. The van der Waals surface area contributed by atoms with E-state index in [1.54, 1.807) is 0 Å². The number of nitrogens with one attached hydrogen (secondary N) is 1. The summed E-state index contributed by atoms with van der Waals surface area (Å²) < 4.78 is 0. The quantitative estimate of drug-likeness (QED) is 0.542. The summed E-state index contributed by atoms with van der Waals surface area (Å²) in [5, 5.41) is 2.91. The molecule has 1 aliphatic rings. The zero-order chi connectivity index (χ0) is 7.84. The molecule has 0 spiro atoms. The molecule has 6 heteroatoms. The number of fused-ring (bicyclic) bond motifs is 1. The van der Waals surface area contributed by atoms with Crippen LogP contribution in [0.15, 0.2) is 0 Å². The van der Waals surface area contributed by atoms with Gasteiger partial charge < -0.3 is 5.73 Å². The molecule has 55 valence electrons. The highest BCUT2D eigenvalue weighted by Crippen LogP contribution is 2.26. The number of halogens is 1. The molecule has 1 aromatic heterocycles.